The van der Waals surface area contributed by atoms with Gasteiger partial charge < -0.3 is 19.5 Å². The maximum absolute atomic E-state index is 12.4. The van der Waals surface area contributed by atoms with Gasteiger partial charge in [0.25, 0.3) is 5.91 Å². The Morgan fingerprint density at radius 1 is 1.26 bits per heavy atom. The maximum Gasteiger partial charge on any atom is 0.254 e. The highest BCUT2D eigenvalue weighted by Crippen LogP contribution is 2.13. The molecular formula is C14H21NO4. The van der Waals surface area contributed by atoms with E-state index in [9.17, 15) is 9.90 Å². The Balaban J connectivity index is 2.83. The molecule has 1 aromatic carbocycles. The number of benzene rings is 1. The Morgan fingerprint density at radius 3 is 2.42 bits per heavy atom. The molecule has 0 aliphatic carbocycles. The standard InChI is InChI=1S/C14H21NO4/c1-11(10-19-3)15(8-9-18-2)14(17)12-4-6-13(16)7-5-12/h4-7,11,16H,8-10H2,1-3H3. The topological polar surface area (TPSA) is 59.0 Å². The molecule has 0 saturated heterocycles. The molecule has 19 heavy (non-hydrogen) atoms. The fraction of sp³-hybridized carbons (Fsp3) is 0.500. The molecule has 0 spiro atoms. The van der Waals surface area contributed by atoms with Crippen LogP contribution in [-0.2, 0) is 9.47 Å². The van der Waals surface area contributed by atoms with Crippen LogP contribution in [0.5, 0.6) is 5.75 Å². The van der Waals surface area contributed by atoms with Crippen LogP contribution in [0.25, 0.3) is 0 Å². The van der Waals surface area contributed by atoms with Gasteiger partial charge in [-0.1, -0.05) is 0 Å². The van der Waals surface area contributed by atoms with E-state index < -0.39 is 0 Å². The second-order valence-electron chi connectivity index (χ2n) is 4.34. The third-order valence-electron chi connectivity index (χ3n) is 2.85. The Hall–Kier alpha value is -1.59. The second kappa shape index (κ2) is 7.76. The molecule has 106 valence electrons. The van der Waals surface area contributed by atoms with Gasteiger partial charge in [0.2, 0.25) is 0 Å². The molecule has 0 fully saturated rings. The summed E-state index contributed by atoms with van der Waals surface area (Å²) in [7, 11) is 3.21. The number of phenols is 1. The van der Waals surface area contributed by atoms with Gasteiger partial charge in [-0.25, -0.2) is 0 Å². The minimum absolute atomic E-state index is 0.0403. The van der Waals surface area contributed by atoms with E-state index in [1.807, 2.05) is 6.92 Å². The molecule has 0 radical (unpaired) electrons. The maximum atomic E-state index is 12.4. The zero-order chi connectivity index (χ0) is 14.3. The fourth-order valence-corrected chi connectivity index (χ4v) is 1.81. The van der Waals surface area contributed by atoms with E-state index in [1.165, 1.54) is 12.1 Å². The van der Waals surface area contributed by atoms with Crippen molar-refractivity contribution in [1.29, 1.82) is 0 Å². The van der Waals surface area contributed by atoms with E-state index in [4.69, 9.17) is 9.47 Å². The number of nitrogens with zero attached hydrogens (tertiary/aromatic N) is 1. The summed E-state index contributed by atoms with van der Waals surface area (Å²) in [6.07, 6.45) is 0. The summed E-state index contributed by atoms with van der Waals surface area (Å²) in [5, 5.41) is 9.25. The third kappa shape index (κ3) is 4.54. The van der Waals surface area contributed by atoms with Gasteiger partial charge in [0.05, 0.1) is 19.3 Å². The van der Waals surface area contributed by atoms with Gasteiger partial charge in [-0.15, -0.1) is 0 Å². The second-order valence-corrected chi connectivity index (χ2v) is 4.34. The van der Waals surface area contributed by atoms with Crippen LogP contribution in [0.2, 0.25) is 0 Å². The minimum Gasteiger partial charge on any atom is -0.508 e. The molecule has 0 bridgehead atoms. The lowest BCUT2D eigenvalue weighted by molar-refractivity contribution is 0.0479. The fourth-order valence-electron chi connectivity index (χ4n) is 1.81. The number of ether oxygens (including phenoxy) is 2. The predicted octanol–water partition coefficient (Wildman–Crippen LogP) is 1.52. The number of carbonyl (C=O) groups is 1. The van der Waals surface area contributed by atoms with E-state index in [1.54, 1.807) is 31.3 Å². The number of hydrogen-bond acceptors (Lipinski definition) is 4. The molecule has 5 nitrogen and oxygen atoms in total. The Bertz CT molecular complexity index is 391. The zero-order valence-corrected chi connectivity index (χ0v) is 11.6. The first-order chi connectivity index (χ1) is 9.10. The van der Waals surface area contributed by atoms with Gasteiger partial charge >= 0.3 is 0 Å². The van der Waals surface area contributed by atoms with Crippen LogP contribution < -0.4 is 0 Å². The number of amides is 1. The lowest BCUT2D eigenvalue weighted by atomic mass is 10.1. The molecule has 5 heteroatoms. The van der Waals surface area contributed by atoms with E-state index in [2.05, 4.69) is 0 Å². The highest BCUT2D eigenvalue weighted by atomic mass is 16.5. The molecule has 1 amide bonds. The number of methoxy groups -OCH3 is 2. The van der Waals surface area contributed by atoms with Crippen molar-refractivity contribution >= 4 is 5.91 Å². The summed E-state index contributed by atoms with van der Waals surface area (Å²) in [6, 6.07) is 6.18. The van der Waals surface area contributed by atoms with Crippen molar-refractivity contribution in [1.82, 2.24) is 4.90 Å². The summed E-state index contributed by atoms with van der Waals surface area (Å²) in [5.74, 6) is 0.0477. The first-order valence-corrected chi connectivity index (χ1v) is 6.18. The van der Waals surface area contributed by atoms with Gasteiger partial charge in [0, 0.05) is 26.3 Å². The normalized spacial score (nSPS) is 12.2. The summed E-state index contributed by atoms with van der Waals surface area (Å²) in [5.41, 5.74) is 0.539. The molecule has 1 unspecified atom stereocenters. The van der Waals surface area contributed by atoms with Crippen LogP contribution in [0.4, 0.5) is 0 Å². The van der Waals surface area contributed by atoms with Crippen molar-refractivity contribution in [3.8, 4) is 5.75 Å². The van der Waals surface area contributed by atoms with Crippen molar-refractivity contribution in [2.45, 2.75) is 13.0 Å². The Labute approximate surface area is 113 Å². The number of carbonyl (C=O) groups excluding carboxylic acids is 1. The molecule has 0 aliphatic rings. The van der Waals surface area contributed by atoms with Gasteiger partial charge in [0.15, 0.2) is 0 Å². The predicted molar refractivity (Wildman–Crippen MR) is 72.4 cm³/mol. The molecule has 1 atom stereocenters. The number of hydrogen-bond donors (Lipinski definition) is 1. The number of phenolic OH excluding ortho intramolecular Hbond substituents is 1. The van der Waals surface area contributed by atoms with Crippen LogP contribution in [0.1, 0.15) is 17.3 Å². The van der Waals surface area contributed by atoms with E-state index >= 15 is 0 Å². The van der Waals surface area contributed by atoms with E-state index in [-0.39, 0.29) is 17.7 Å². The van der Waals surface area contributed by atoms with Gasteiger partial charge in [0.1, 0.15) is 5.75 Å². The molecule has 0 heterocycles. The van der Waals surface area contributed by atoms with Gasteiger partial charge in [-0.3, -0.25) is 4.79 Å². The first kappa shape index (κ1) is 15.5. The van der Waals surface area contributed by atoms with Crippen molar-refractivity contribution in [2.24, 2.45) is 0 Å². The average Bonchev–Trinajstić information content (AvgIpc) is 2.40. The smallest absolute Gasteiger partial charge is 0.254 e. The zero-order valence-electron chi connectivity index (χ0n) is 11.6. The van der Waals surface area contributed by atoms with E-state index in [0.717, 1.165) is 0 Å². The first-order valence-electron chi connectivity index (χ1n) is 6.18. The van der Waals surface area contributed by atoms with Gasteiger partial charge in [-0.05, 0) is 31.2 Å². The Morgan fingerprint density at radius 2 is 1.89 bits per heavy atom. The van der Waals surface area contributed by atoms with Crippen LogP contribution in [-0.4, -0.2) is 55.9 Å². The quantitative estimate of drug-likeness (QED) is 0.813. The lowest BCUT2D eigenvalue weighted by Gasteiger charge is -2.28. The molecule has 0 saturated carbocycles. The van der Waals surface area contributed by atoms with Crippen molar-refractivity contribution in [3.05, 3.63) is 29.8 Å². The number of aromatic hydroxyl groups is 1. The van der Waals surface area contributed by atoms with Crippen LogP contribution in [0, 0.1) is 0 Å². The average molecular weight is 267 g/mol. The van der Waals surface area contributed by atoms with Crippen LogP contribution >= 0.6 is 0 Å². The van der Waals surface area contributed by atoms with Gasteiger partial charge in [-0.2, -0.15) is 0 Å². The summed E-state index contributed by atoms with van der Waals surface area (Å²) < 4.78 is 10.1. The molecule has 1 N–H and O–H groups in total. The molecular weight excluding hydrogens is 246 g/mol. The third-order valence-corrected chi connectivity index (χ3v) is 2.85. The molecule has 0 aromatic heterocycles. The summed E-state index contributed by atoms with van der Waals surface area (Å²) >= 11 is 0. The highest BCUT2D eigenvalue weighted by molar-refractivity contribution is 5.94. The molecule has 1 rings (SSSR count). The van der Waals surface area contributed by atoms with Crippen molar-refractivity contribution in [2.75, 3.05) is 34.0 Å². The largest absolute Gasteiger partial charge is 0.508 e. The van der Waals surface area contributed by atoms with Crippen LogP contribution in [0.3, 0.4) is 0 Å². The SMILES string of the molecule is COCCN(C(=O)c1ccc(O)cc1)C(C)COC. The lowest BCUT2D eigenvalue weighted by Crippen LogP contribution is -2.43. The minimum atomic E-state index is -0.0957. The molecule has 1 aromatic rings. The number of rotatable bonds is 7. The van der Waals surface area contributed by atoms with Crippen molar-refractivity contribution < 1.29 is 19.4 Å². The highest BCUT2D eigenvalue weighted by Gasteiger charge is 2.21. The van der Waals surface area contributed by atoms with E-state index in [0.29, 0.717) is 25.3 Å². The monoisotopic (exact) mass is 267 g/mol. The molecule has 0 aliphatic heterocycles. The van der Waals surface area contributed by atoms with Crippen LogP contribution in [0.15, 0.2) is 24.3 Å². The summed E-state index contributed by atoms with van der Waals surface area (Å²) in [4.78, 5) is 14.1. The Kier molecular flexibility index (Phi) is 6.32. The van der Waals surface area contributed by atoms with Crippen molar-refractivity contribution in [3.63, 3.8) is 0 Å². The summed E-state index contributed by atoms with van der Waals surface area (Å²) in [6.45, 7) is 3.36.